The number of nitrogens with zero attached hydrogens (tertiary/aromatic N) is 2. The highest BCUT2D eigenvalue weighted by Gasteiger charge is 2.50. The van der Waals surface area contributed by atoms with E-state index in [1.165, 1.54) is 44.7 Å². The zero-order valence-electron chi connectivity index (χ0n) is 15.8. The summed E-state index contributed by atoms with van der Waals surface area (Å²) in [5, 5.41) is 11.3. The summed E-state index contributed by atoms with van der Waals surface area (Å²) in [4.78, 5) is 15.1. The van der Waals surface area contributed by atoms with Crippen molar-refractivity contribution in [3.8, 4) is 0 Å². The number of aromatic nitrogens is 1. The normalized spacial score (nSPS) is 33.4. The molecule has 3 aliphatic rings. The van der Waals surface area contributed by atoms with Crippen molar-refractivity contribution in [3.63, 3.8) is 0 Å². The minimum atomic E-state index is -0.0999. The van der Waals surface area contributed by atoms with Gasteiger partial charge in [0.05, 0.1) is 5.57 Å². The lowest BCUT2D eigenvalue weighted by atomic mass is 9.77. The molecule has 3 fully saturated rings. The number of amides is 1. The van der Waals surface area contributed by atoms with E-state index < -0.39 is 0 Å². The summed E-state index contributed by atoms with van der Waals surface area (Å²) in [6.07, 6.45) is 12.9. The summed E-state index contributed by atoms with van der Waals surface area (Å²) in [5.74, 6) is 3.62. The second-order valence-electron chi connectivity index (χ2n) is 8.55. The Bertz CT molecular complexity index is 706. The Balaban J connectivity index is 1.59. The number of hydrogen-bond acceptors (Lipinski definition) is 3. The van der Waals surface area contributed by atoms with Crippen LogP contribution >= 0.6 is 0 Å². The fourth-order valence-electron chi connectivity index (χ4n) is 5.40. The molecular formula is C21H30N4O. The lowest BCUT2D eigenvalue weighted by Gasteiger charge is -2.33. The molecule has 5 nitrogen and oxygen atoms in total. The van der Waals surface area contributed by atoms with Gasteiger partial charge in [-0.2, -0.15) is 0 Å². The van der Waals surface area contributed by atoms with Crippen molar-refractivity contribution < 1.29 is 4.79 Å². The Hall–Kier alpha value is -2.04. The predicted octanol–water partition coefficient (Wildman–Crippen LogP) is 3.20. The molecule has 26 heavy (non-hydrogen) atoms. The Morgan fingerprint density at radius 3 is 2.58 bits per heavy atom. The Morgan fingerprint density at radius 2 is 1.88 bits per heavy atom. The largest absolute Gasteiger partial charge is 0.363 e. The molecule has 1 aromatic rings. The van der Waals surface area contributed by atoms with Crippen LogP contribution in [0, 0.1) is 29.1 Å². The van der Waals surface area contributed by atoms with Gasteiger partial charge in [-0.15, -0.1) is 0 Å². The maximum atomic E-state index is 13.2. The number of rotatable bonds is 5. The summed E-state index contributed by atoms with van der Waals surface area (Å²) in [5.41, 5.74) is 0.431. The van der Waals surface area contributed by atoms with E-state index in [0.717, 1.165) is 17.7 Å². The molecule has 3 aliphatic carbocycles. The molecule has 3 saturated carbocycles. The third kappa shape index (κ3) is 3.19. The van der Waals surface area contributed by atoms with Crippen LogP contribution in [-0.2, 0) is 4.79 Å². The van der Waals surface area contributed by atoms with E-state index in [1.54, 1.807) is 0 Å². The van der Waals surface area contributed by atoms with Crippen molar-refractivity contribution in [2.75, 3.05) is 14.1 Å². The van der Waals surface area contributed by atoms with Crippen LogP contribution in [0.25, 0.3) is 5.82 Å². The minimum absolute atomic E-state index is 0.0999. The van der Waals surface area contributed by atoms with Gasteiger partial charge in [0, 0.05) is 38.7 Å². The molecule has 0 radical (unpaired) electrons. The maximum Gasteiger partial charge on any atom is 0.256 e. The molecule has 1 heterocycles. The summed E-state index contributed by atoms with van der Waals surface area (Å²) in [7, 11) is 3.83. The molecule has 2 bridgehead atoms. The minimum Gasteiger partial charge on any atom is -0.363 e. The second kappa shape index (κ2) is 6.93. The molecule has 0 spiro atoms. The molecule has 4 rings (SSSR count). The SMILES string of the molecule is CN(C)/C(=C(\C=N)C(=O)NC1C2CCCC(CC3CC31)C2)n1cccc1. The highest BCUT2D eigenvalue weighted by atomic mass is 16.1. The van der Waals surface area contributed by atoms with Gasteiger partial charge < -0.3 is 20.2 Å². The Labute approximate surface area is 156 Å². The van der Waals surface area contributed by atoms with Crippen LogP contribution < -0.4 is 5.32 Å². The topological polar surface area (TPSA) is 61.1 Å². The zero-order valence-corrected chi connectivity index (χ0v) is 15.8. The van der Waals surface area contributed by atoms with Crippen LogP contribution in [-0.4, -0.2) is 41.7 Å². The molecule has 0 aliphatic heterocycles. The summed E-state index contributed by atoms with van der Waals surface area (Å²) in [6, 6.07) is 4.16. The molecule has 2 N–H and O–H groups in total. The molecule has 1 aromatic heterocycles. The Morgan fingerprint density at radius 1 is 1.15 bits per heavy atom. The summed E-state index contributed by atoms with van der Waals surface area (Å²) >= 11 is 0. The van der Waals surface area contributed by atoms with E-state index in [1.807, 2.05) is 48.1 Å². The number of fused-ring (bicyclic) bond motifs is 3. The second-order valence-corrected chi connectivity index (χ2v) is 8.55. The number of carbonyl (C=O) groups is 1. The molecule has 140 valence electrons. The van der Waals surface area contributed by atoms with Crippen LogP contribution in [0.3, 0.4) is 0 Å². The van der Waals surface area contributed by atoms with Crippen LogP contribution in [0.15, 0.2) is 30.1 Å². The first-order valence-electron chi connectivity index (χ1n) is 9.94. The number of carbonyl (C=O) groups excluding carboxylic acids is 1. The van der Waals surface area contributed by atoms with E-state index in [-0.39, 0.29) is 5.91 Å². The molecule has 5 atom stereocenters. The first-order valence-corrected chi connectivity index (χ1v) is 9.94. The summed E-state index contributed by atoms with van der Waals surface area (Å²) in [6.45, 7) is 0. The van der Waals surface area contributed by atoms with Crippen molar-refractivity contribution in [2.24, 2.45) is 23.7 Å². The van der Waals surface area contributed by atoms with Gasteiger partial charge in [-0.05, 0) is 61.5 Å². The average molecular weight is 354 g/mol. The zero-order chi connectivity index (χ0) is 18.3. The van der Waals surface area contributed by atoms with Crippen LogP contribution in [0.4, 0.5) is 0 Å². The van der Waals surface area contributed by atoms with Crippen LogP contribution in [0.1, 0.15) is 38.5 Å². The summed E-state index contributed by atoms with van der Waals surface area (Å²) < 4.78 is 1.91. The standard InChI is InChI=1S/C21H30N4O/c1-24(2)21(25-8-3-4-9-25)18(13-22)20(26)23-19-15-7-5-6-14(10-15)11-16-12-17(16)19/h3-4,8-9,13-17,19,22H,5-7,10-12H2,1-2H3,(H,23,26)/b21-18-,22-13?. The molecule has 1 amide bonds. The van der Waals surface area contributed by atoms with Crippen molar-refractivity contribution in [3.05, 3.63) is 30.1 Å². The molecule has 0 saturated heterocycles. The van der Waals surface area contributed by atoms with E-state index in [2.05, 4.69) is 5.32 Å². The quantitative estimate of drug-likeness (QED) is 0.630. The van der Waals surface area contributed by atoms with E-state index in [9.17, 15) is 4.79 Å². The monoisotopic (exact) mass is 354 g/mol. The van der Waals surface area contributed by atoms with Crippen molar-refractivity contribution in [2.45, 2.75) is 44.6 Å². The van der Waals surface area contributed by atoms with Gasteiger partial charge in [-0.3, -0.25) is 4.79 Å². The lowest BCUT2D eigenvalue weighted by molar-refractivity contribution is -0.118. The maximum absolute atomic E-state index is 13.2. The fourth-order valence-corrected chi connectivity index (χ4v) is 5.40. The lowest BCUT2D eigenvalue weighted by Crippen LogP contribution is -2.44. The van der Waals surface area contributed by atoms with E-state index in [0.29, 0.717) is 23.5 Å². The highest BCUT2D eigenvalue weighted by molar-refractivity contribution is 6.15. The van der Waals surface area contributed by atoms with E-state index >= 15 is 0 Å². The van der Waals surface area contributed by atoms with Crippen LogP contribution in [0.5, 0.6) is 0 Å². The van der Waals surface area contributed by atoms with Gasteiger partial charge in [0.1, 0.15) is 5.82 Å². The van der Waals surface area contributed by atoms with Crippen LogP contribution in [0.2, 0.25) is 0 Å². The third-order valence-corrected chi connectivity index (χ3v) is 6.61. The molecule has 5 unspecified atom stereocenters. The van der Waals surface area contributed by atoms with Gasteiger partial charge >= 0.3 is 0 Å². The third-order valence-electron chi connectivity index (χ3n) is 6.61. The molecular weight excluding hydrogens is 324 g/mol. The average Bonchev–Trinajstić information content (AvgIpc) is 3.17. The molecule has 5 heteroatoms. The predicted molar refractivity (Wildman–Crippen MR) is 104 cm³/mol. The fraction of sp³-hybridized carbons (Fsp3) is 0.619. The molecule has 0 aromatic carbocycles. The Kier molecular flexibility index (Phi) is 4.63. The van der Waals surface area contributed by atoms with Crippen molar-refractivity contribution in [1.82, 2.24) is 14.8 Å². The van der Waals surface area contributed by atoms with Gasteiger partial charge in [-0.1, -0.05) is 12.8 Å². The first-order chi connectivity index (χ1) is 12.6. The van der Waals surface area contributed by atoms with E-state index in [4.69, 9.17) is 5.41 Å². The van der Waals surface area contributed by atoms with Gasteiger partial charge in [0.2, 0.25) is 0 Å². The first kappa shape index (κ1) is 17.4. The van der Waals surface area contributed by atoms with Gasteiger partial charge in [-0.25, -0.2) is 0 Å². The van der Waals surface area contributed by atoms with Crippen molar-refractivity contribution >= 4 is 17.9 Å². The van der Waals surface area contributed by atoms with Gasteiger partial charge in [0.15, 0.2) is 0 Å². The smallest absolute Gasteiger partial charge is 0.256 e. The van der Waals surface area contributed by atoms with Crippen molar-refractivity contribution in [1.29, 1.82) is 5.41 Å². The van der Waals surface area contributed by atoms with Gasteiger partial charge in [0.25, 0.3) is 5.91 Å². The number of hydrogen-bond donors (Lipinski definition) is 2. The number of nitrogens with one attached hydrogen (secondary N) is 2. The highest BCUT2D eigenvalue weighted by Crippen LogP contribution is 2.54.